The van der Waals surface area contributed by atoms with Crippen molar-refractivity contribution in [3.05, 3.63) is 21.4 Å². The topological polar surface area (TPSA) is 52.7 Å². The molecule has 1 atom stereocenters. The number of hydrogen-bond acceptors (Lipinski definition) is 4. The third kappa shape index (κ3) is 3.98. The number of fused-ring (bicyclic) bond motifs is 1. The first-order valence-corrected chi connectivity index (χ1v) is 9.78. The van der Waals surface area contributed by atoms with E-state index in [0.29, 0.717) is 26.2 Å². The normalized spacial score (nSPS) is 21.4. The molecule has 1 unspecified atom stereocenters. The van der Waals surface area contributed by atoms with E-state index in [9.17, 15) is 9.59 Å². The fraction of sp³-hybridized carbons (Fsp3) is 0.667. The van der Waals surface area contributed by atoms with E-state index < -0.39 is 0 Å². The van der Waals surface area contributed by atoms with Crippen molar-refractivity contribution in [2.75, 3.05) is 39.3 Å². The van der Waals surface area contributed by atoms with Crippen LogP contribution in [0.3, 0.4) is 0 Å². The molecule has 1 N–H and O–H groups in total. The van der Waals surface area contributed by atoms with Crippen molar-refractivity contribution in [1.82, 2.24) is 15.1 Å². The van der Waals surface area contributed by atoms with E-state index in [1.807, 2.05) is 11.8 Å². The molecule has 0 spiro atoms. The van der Waals surface area contributed by atoms with Crippen LogP contribution in [0, 0.1) is 5.92 Å². The van der Waals surface area contributed by atoms with E-state index >= 15 is 0 Å². The maximum Gasteiger partial charge on any atom is 0.264 e. The second kappa shape index (κ2) is 7.66. The summed E-state index contributed by atoms with van der Waals surface area (Å²) in [5, 5.41) is 2.82. The third-order valence-corrected chi connectivity index (χ3v) is 6.17. The minimum Gasteiger partial charge on any atom is -0.355 e. The van der Waals surface area contributed by atoms with Crippen LogP contribution in [0.1, 0.15) is 40.4 Å². The smallest absolute Gasteiger partial charge is 0.264 e. The Labute approximate surface area is 148 Å². The van der Waals surface area contributed by atoms with Crippen molar-refractivity contribution in [2.24, 2.45) is 5.92 Å². The SMILES string of the molecule is CCNC(=O)CN1CCN(C(=O)c2cc3c(s2)CCC(C)C3)CC1. The van der Waals surface area contributed by atoms with Crippen LogP contribution < -0.4 is 5.32 Å². The van der Waals surface area contributed by atoms with E-state index in [2.05, 4.69) is 23.2 Å². The zero-order chi connectivity index (χ0) is 17.1. The van der Waals surface area contributed by atoms with Crippen molar-refractivity contribution in [3.8, 4) is 0 Å². The molecule has 1 aliphatic heterocycles. The predicted octanol–water partition coefficient (Wildman–Crippen LogP) is 1.77. The number of piperazine rings is 1. The van der Waals surface area contributed by atoms with Gasteiger partial charge < -0.3 is 10.2 Å². The van der Waals surface area contributed by atoms with E-state index in [1.54, 1.807) is 11.3 Å². The largest absolute Gasteiger partial charge is 0.355 e. The Balaban J connectivity index is 1.55. The highest BCUT2D eigenvalue weighted by Gasteiger charge is 2.26. The second-order valence-electron chi connectivity index (χ2n) is 6.93. The van der Waals surface area contributed by atoms with E-state index in [-0.39, 0.29) is 11.8 Å². The van der Waals surface area contributed by atoms with Gasteiger partial charge in [0, 0.05) is 37.6 Å². The number of rotatable bonds is 4. The Kier molecular flexibility index (Phi) is 5.56. The molecule has 6 heteroatoms. The summed E-state index contributed by atoms with van der Waals surface area (Å²) in [6, 6.07) is 2.12. The van der Waals surface area contributed by atoms with Gasteiger partial charge in [0.1, 0.15) is 0 Å². The number of likely N-dealkylation sites (N-methyl/N-ethyl adjacent to an activating group) is 1. The van der Waals surface area contributed by atoms with Gasteiger partial charge in [-0.1, -0.05) is 6.92 Å². The van der Waals surface area contributed by atoms with Gasteiger partial charge in [0.15, 0.2) is 0 Å². The fourth-order valence-electron chi connectivity index (χ4n) is 3.53. The van der Waals surface area contributed by atoms with Crippen molar-refractivity contribution in [3.63, 3.8) is 0 Å². The first kappa shape index (κ1) is 17.4. The Bertz CT molecular complexity index is 605. The minimum atomic E-state index is 0.0670. The summed E-state index contributed by atoms with van der Waals surface area (Å²) in [6.07, 6.45) is 3.47. The highest BCUT2D eigenvalue weighted by Crippen LogP contribution is 2.32. The molecule has 0 saturated carbocycles. The summed E-state index contributed by atoms with van der Waals surface area (Å²) in [5.74, 6) is 0.963. The summed E-state index contributed by atoms with van der Waals surface area (Å²) in [4.78, 5) is 30.8. The molecule has 0 radical (unpaired) electrons. The molecule has 1 aromatic heterocycles. The first-order chi connectivity index (χ1) is 11.6. The lowest BCUT2D eigenvalue weighted by Crippen LogP contribution is -2.51. The van der Waals surface area contributed by atoms with Gasteiger partial charge in [-0.05, 0) is 43.7 Å². The summed E-state index contributed by atoms with van der Waals surface area (Å²) in [5.41, 5.74) is 1.39. The van der Waals surface area contributed by atoms with E-state index in [1.165, 1.54) is 16.9 Å². The lowest BCUT2D eigenvalue weighted by atomic mass is 9.90. The van der Waals surface area contributed by atoms with Crippen LogP contribution in [-0.4, -0.2) is 60.9 Å². The summed E-state index contributed by atoms with van der Waals surface area (Å²) in [6.45, 7) is 8.26. The fourth-order valence-corrected chi connectivity index (χ4v) is 4.71. The molecular weight excluding hydrogens is 322 g/mol. The molecule has 3 rings (SSSR count). The first-order valence-electron chi connectivity index (χ1n) is 8.96. The molecule has 1 aromatic rings. The summed E-state index contributed by atoms with van der Waals surface area (Å²) >= 11 is 1.69. The average molecular weight is 350 g/mol. The van der Waals surface area contributed by atoms with Gasteiger partial charge in [0.25, 0.3) is 5.91 Å². The molecule has 1 fully saturated rings. The monoisotopic (exact) mass is 349 g/mol. The number of carbonyl (C=O) groups excluding carboxylic acids is 2. The highest BCUT2D eigenvalue weighted by molar-refractivity contribution is 7.14. The van der Waals surface area contributed by atoms with Crippen LogP contribution in [0.15, 0.2) is 6.07 Å². The number of amides is 2. The van der Waals surface area contributed by atoms with Gasteiger partial charge >= 0.3 is 0 Å². The standard InChI is InChI=1S/C18H27N3O2S/c1-3-19-17(22)12-20-6-8-21(9-7-20)18(23)16-11-14-10-13(2)4-5-15(14)24-16/h11,13H,3-10,12H2,1-2H3,(H,19,22). The molecule has 2 heterocycles. The van der Waals surface area contributed by atoms with E-state index in [0.717, 1.165) is 36.7 Å². The maximum absolute atomic E-state index is 12.8. The zero-order valence-corrected chi connectivity index (χ0v) is 15.5. The highest BCUT2D eigenvalue weighted by atomic mass is 32.1. The number of carbonyl (C=O) groups is 2. The van der Waals surface area contributed by atoms with Crippen molar-refractivity contribution in [1.29, 1.82) is 0 Å². The Morgan fingerprint density at radius 3 is 2.75 bits per heavy atom. The van der Waals surface area contributed by atoms with E-state index in [4.69, 9.17) is 0 Å². The summed E-state index contributed by atoms with van der Waals surface area (Å²) < 4.78 is 0. The number of hydrogen-bond donors (Lipinski definition) is 1. The van der Waals surface area contributed by atoms with Crippen LogP contribution in [0.4, 0.5) is 0 Å². The van der Waals surface area contributed by atoms with Crippen molar-refractivity contribution in [2.45, 2.75) is 33.1 Å². The van der Waals surface area contributed by atoms with Crippen LogP contribution in [-0.2, 0) is 17.6 Å². The molecule has 0 bridgehead atoms. The van der Waals surface area contributed by atoms with Crippen LogP contribution in [0.25, 0.3) is 0 Å². The number of nitrogens with one attached hydrogen (secondary N) is 1. The molecule has 1 saturated heterocycles. The lowest BCUT2D eigenvalue weighted by molar-refractivity contribution is -0.122. The molecule has 2 amide bonds. The third-order valence-electron chi connectivity index (χ3n) is 4.94. The second-order valence-corrected chi connectivity index (χ2v) is 8.07. The molecule has 0 aromatic carbocycles. The van der Waals surface area contributed by atoms with Gasteiger partial charge in [-0.2, -0.15) is 0 Å². The predicted molar refractivity (Wildman–Crippen MR) is 96.5 cm³/mol. The Morgan fingerprint density at radius 1 is 1.29 bits per heavy atom. The minimum absolute atomic E-state index is 0.0670. The van der Waals surface area contributed by atoms with Crippen LogP contribution in [0.5, 0.6) is 0 Å². The molecule has 1 aliphatic carbocycles. The van der Waals surface area contributed by atoms with Gasteiger partial charge in [-0.25, -0.2) is 0 Å². The number of aryl methyl sites for hydroxylation is 1. The maximum atomic E-state index is 12.8. The van der Waals surface area contributed by atoms with Gasteiger partial charge in [0.05, 0.1) is 11.4 Å². The molecule has 2 aliphatic rings. The quantitative estimate of drug-likeness (QED) is 0.901. The number of nitrogens with zero attached hydrogens (tertiary/aromatic N) is 2. The van der Waals surface area contributed by atoms with Gasteiger partial charge in [-0.15, -0.1) is 11.3 Å². The molecule has 5 nitrogen and oxygen atoms in total. The zero-order valence-electron chi connectivity index (χ0n) is 14.6. The lowest BCUT2D eigenvalue weighted by Gasteiger charge is -2.34. The van der Waals surface area contributed by atoms with Crippen molar-refractivity contribution >= 4 is 23.2 Å². The number of thiophene rings is 1. The Hall–Kier alpha value is -1.40. The Morgan fingerprint density at radius 2 is 2.04 bits per heavy atom. The van der Waals surface area contributed by atoms with Crippen molar-refractivity contribution < 1.29 is 9.59 Å². The molecule has 132 valence electrons. The van der Waals surface area contributed by atoms with Gasteiger partial charge in [0.2, 0.25) is 5.91 Å². The molecule has 24 heavy (non-hydrogen) atoms. The molecular formula is C18H27N3O2S. The van der Waals surface area contributed by atoms with Crippen LogP contribution >= 0.6 is 11.3 Å². The summed E-state index contributed by atoms with van der Waals surface area (Å²) in [7, 11) is 0. The van der Waals surface area contributed by atoms with Gasteiger partial charge in [-0.3, -0.25) is 14.5 Å². The van der Waals surface area contributed by atoms with Crippen LogP contribution in [0.2, 0.25) is 0 Å². The average Bonchev–Trinajstić information content (AvgIpc) is 2.98.